The molecule has 7 heteroatoms. The topological polar surface area (TPSA) is 74.7 Å². The van der Waals surface area contributed by atoms with Crippen LogP contribution < -0.4 is 0 Å². The number of Topliss-reactive ketones (excluding diaryl/α,β-unsaturated/α-hetero) is 1. The quantitative estimate of drug-likeness (QED) is 0.657. The van der Waals surface area contributed by atoms with Crippen LogP contribution in [0.25, 0.3) is 16.9 Å². The van der Waals surface area contributed by atoms with Crippen LogP contribution in [0, 0.1) is 5.82 Å². The Bertz CT molecular complexity index is 1280. The van der Waals surface area contributed by atoms with Crippen molar-refractivity contribution in [2.24, 2.45) is 0 Å². The second-order valence-corrected chi connectivity index (χ2v) is 8.52. The number of aliphatic hydroxyl groups excluding tert-OH is 1. The molecule has 3 aromatic carbocycles. The van der Waals surface area contributed by atoms with Gasteiger partial charge in [0.05, 0.1) is 4.90 Å². The highest BCUT2D eigenvalue weighted by Crippen LogP contribution is 2.36. The first-order chi connectivity index (χ1) is 13.8. The summed E-state index contributed by atoms with van der Waals surface area (Å²) in [6, 6.07) is 18.3. The molecule has 0 spiro atoms. The third-order valence-electron chi connectivity index (χ3n) is 4.82. The number of ketones is 1. The maximum absolute atomic E-state index is 13.6. The zero-order valence-electron chi connectivity index (χ0n) is 15.3. The zero-order valence-corrected chi connectivity index (χ0v) is 16.2. The van der Waals surface area contributed by atoms with Gasteiger partial charge in [-0.1, -0.05) is 42.5 Å². The van der Waals surface area contributed by atoms with E-state index in [9.17, 15) is 22.7 Å². The highest BCUT2D eigenvalue weighted by Gasteiger charge is 2.37. The minimum atomic E-state index is -3.98. The van der Waals surface area contributed by atoms with E-state index in [1.54, 1.807) is 42.5 Å². The summed E-state index contributed by atoms with van der Waals surface area (Å²) >= 11 is 0. The number of hydrogen-bond acceptors (Lipinski definition) is 4. The van der Waals surface area contributed by atoms with Gasteiger partial charge in [-0.25, -0.2) is 12.8 Å². The molecular formula is C22H16FNO4S. The Balaban J connectivity index is 1.84. The van der Waals surface area contributed by atoms with E-state index in [-0.39, 0.29) is 21.7 Å². The second-order valence-electron chi connectivity index (χ2n) is 6.59. The number of fused-ring (bicyclic) bond motifs is 1. The maximum atomic E-state index is 13.6. The molecule has 146 valence electrons. The van der Waals surface area contributed by atoms with Crippen LogP contribution in [0.3, 0.4) is 0 Å². The van der Waals surface area contributed by atoms with Gasteiger partial charge in [-0.3, -0.25) is 9.10 Å². The number of halogens is 1. The van der Waals surface area contributed by atoms with E-state index in [0.29, 0.717) is 11.1 Å². The highest BCUT2D eigenvalue weighted by molar-refractivity contribution is 7.89. The van der Waals surface area contributed by atoms with E-state index in [2.05, 4.69) is 0 Å². The SMILES string of the molecule is CN1C(C(=O)c2cccc(-c3cccc(F)c3)c2)=C(O)c2ccccc2S1(=O)=O. The summed E-state index contributed by atoms with van der Waals surface area (Å²) in [5.74, 6) is -1.46. The highest BCUT2D eigenvalue weighted by atomic mass is 32.2. The summed E-state index contributed by atoms with van der Waals surface area (Å²) < 4.78 is 40.0. The fraction of sp³-hybridized carbons (Fsp3) is 0.0455. The van der Waals surface area contributed by atoms with Crippen LogP contribution in [0.4, 0.5) is 4.39 Å². The van der Waals surface area contributed by atoms with Crippen molar-refractivity contribution in [2.45, 2.75) is 4.90 Å². The van der Waals surface area contributed by atoms with Crippen LogP contribution >= 0.6 is 0 Å². The van der Waals surface area contributed by atoms with Crippen molar-refractivity contribution in [3.05, 3.63) is 95.4 Å². The average Bonchev–Trinajstić information content (AvgIpc) is 2.73. The van der Waals surface area contributed by atoms with Gasteiger partial charge in [0.15, 0.2) is 5.76 Å². The molecule has 0 saturated carbocycles. The van der Waals surface area contributed by atoms with Gasteiger partial charge in [-0.2, -0.15) is 0 Å². The van der Waals surface area contributed by atoms with Crippen LogP contribution in [0.1, 0.15) is 15.9 Å². The first-order valence-electron chi connectivity index (χ1n) is 8.73. The fourth-order valence-electron chi connectivity index (χ4n) is 3.33. The molecule has 1 aliphatic heterocycles. The standard InChI is InChI=1S/C22H16FNO4S/c1-24-20(22(26)18-10-2-3-11-19(18)29(24,27)28)21(25)16-8-4-6-14(12-16)15-7-5-9-17(23)13-15/h2-13,26H,1H3. The summed E-state index contributed by atoms with van der Waals surface area (Å²) in [6.07, 6.45) is 0. The number of allylic oxidation sites excluding steroid dienone is 1. The number of carbonyl (C=O) groups excluding carboxylic acids is 1. The number of carbonyl (C=O) groups is 1. The predicted molar refractivity (Wildman–Crippen MR) is 107 cm³/mol. The molecule has 0 unspecified atom stereocenters. The van der Waals surface area contributed by atoms with Gasteiger partial charge in [0, 0.05) is 18.2 Å². The summed E-state index contributed by atoms with van der Waals surface area (Å²) in [6.45, 7) is 0. The van der Waals surface area contributed by atoms with Gasteiger partial charge in [0.25, 0.3) is 10.0 Å². The Morgan fingerprint density at radius 1 is 0.931 bits per heavy atom. The predicted octanol–water partition coefficient (Wildman–Crippen LogP) is 4.24. The van der Waals surface area contributed by atoms with Crippen LogP contribution in [-0.4, -0.2) is 30.7 Å². The molecular weight excluding hydrogens is 393 g/mol. The lowest BCUT2D eigenvalue weighted by molar-refractivity contribution is 0.101. The first kappa shape index (κ1) is 18.9. The number of rotatable bonds is 3. The average molecular weight is 409 g/mol. The van der Waals surface area contributed by atoms with Gasteiger partial charge in [0.1, 0.15) is 11.5 Å². The molecule has 1 heterocycles. The van der Waals surface area contributed by atoms with Crippen LogP contribution in [0.5, 0.6) is 0 Å². The third kappa shape index (κ3) is 3.09. The Morgan fingerprint density at radius 3 is 2.31 bits per heavy atom. The lowest BCUT2D eigenvalue weighted by Crippen LogP contribution is -2.35. The van der Waals surface area contributed by atoms with Gasteiger partial charge in [0.2, 0.25) is 5.78 Å². The minimum absolute atomic E-state index is 0.0648. The smallest absolute Gasteiger partial charge is 0.265 e. The molecule has 0 saturated heterocycles. The molecule has 4 rings (SSSR count). The van der Waals surface area contributed by atoms with Gasteiger partial charge >= 0.3 is 0 Å². The third-order valence-corrected chi connectivity index (χ3v) is 6.63. The second kappa shape index (κ2) is 6.86. The van der Waals surface area contributed by atoms with Gasteiger partial charge in [-0.05, 0) is 41.5 Å². The van der Waals surface area contributed by atoms with E-state index in [4.69, 9.17) is 0 Å². The van der Waals surface area contributed by atoms with Crippen molar-refractivity contribution in [2.75, 3.05) is 7.05 Å². The number of nitrogens with zero attached hydrogens (tertiary/aromatic N) is 1. The van der Waals surface area contributed by atoms with E-state index >= 15 is 0 Å². The molecule has 0 bridgehead atoms. The molecule has 0 fully saturated rings. The Morgan fingerprint density at radius 2 is 1.59 bits per heavy atom. The minimum Gasteiger partial charge on any atom is -0.505 e. The van der Waals surface area contributed by atoms with Crippen molar-refractivity contribution in [3.63, 3.8) is 0 Å². The molecule has 1 N–H and O–H groups in total. The van der Waals surface area contributed by atoms with Crippen molar-refractivity contribution in [3.8, 4) is 11.1 Å². The summed E-state index contributed by atoms with van der Waals surface area (Å²) in [5, 5.41) is 10.7. The Kier molecular flexibility index (Phi) is 4.47. The normalized spacial score (nSPS) is 15.2. The summed E-state index contributed by atoms with van der Waals surface area (Å²) in [4.78, 5) is 13.1. The van der Waals surface area contributed by atoms with E-state index in [1.807, 2.05) is 0 Å². The van der Waals surface area contributed by atoms with Crippen molar-refractivity contribution in [1.29, 1.82) is 0 Å². The molecule has 0 aliphatic carbocycles. The molecule has 1 aliphatic rings. The number of hydrogen-bond donors (Lipinski definition) is 1. The molecule has 0 amide bonds. The fourth-order valence-corrected chi connectivity index (χ4v) is 4.72. The largest absolute Gasteiger partial charge is 0.505 e. The molecule has 0 atom stereocenters. The number of likely N-dealkylation sites (N-methyl/N-ethyl adjacent to an activating group) is 1. The van der Waals surface area contributed by atoms with Gasteiger partial charge in [-0.15, -0.1) is 0 Å². The molecule has 0 radical (unpaired) electrons. The van der Waals surface area contributed by atoms with E-state index < -0.39 is 27.4 Å². The number of sulfonamides is 1. The van der Waals surface area contributed by atoms with Crippen molar-refractivity contribution >= 4 is 21.6 Å². The Labute approximate surface area is 167 Å². The van der Waals surface area contributed by atoms with Crippen LogP contribution in [0.2, 0.25) is 0 Å². The molecule has 0 aromatic heterocycles. The Hall–Kier alpha value is -3.45. The monoisotopic (exact) mass is 409 g/mol. The maximum Gasteiger partial charge on any atom is 0.265 e. The number of benzene rings is 3. The zero-order chi connectivity index (χ0) is 20.8. The van der Waals surface area contributed by atoms with Crippen LogP contribution in [0.15, 0.2) is 83.4 Å². The lowest BCUT2D eigenvalue weighted by atomic mass is 9.99. The van der Waals surface area contributed by atoms with Crippen molar-refractivity contribution in [1.82, 2.24) is 4.31 Å². The van der Waals surface area contributed by atoms with Crippen molar-refractivity contribution < 1.29 is 22.7 Å². The lowest BCUT2D eigenvalue weighted by Gasteiger charge is -2.28. The molecule has 3 aromatic rings. The van der Waals surface area contributed by atoms with E-state index in [1.165, 1.54) is 37.4 Å². The number of aliphatic hydroxyl groups is 1. The molecule has 5 nitrogen and oxygen atoms in total. The molecule has 29 heavy (non-hydrogen) atoms. The van der Waals surface area contributed by atoms with E-state index in [0.717, 1.165) is 4.31 Å². The summed E-state index contributed by atoms with van der Waals surface area (Å²) in [7, 11) is -2.75. The van der Waals surface area contributed by atoms with Crippen LogP contribution in [-0.2, 0) is 10.0 Å². The first-order valence-corrected chi connectivity index (χ1v) is 10.2. The van der Waals surface area contributed by atoms with Gasteiger partial charge < -0.3 is 5.11 Å². The summed E-state index contributed by atoms with van der Waals surface area (Å²) in [5.41, 5.74) is 1.09.